The molecule has 6 heteroatoms. The highest BCUT2D eigenvalue weighted by Crippen LogP contribution is 2.10. The number of benzene rings is 1. The molecule has 0 spiro atoms. The van der Waals surface area contributed by atoms with Crippen LogP contribution in [0.2, 0.25) is 0 Å². The molecule has 0 aliphatic heterocycles. The van der Waals surface area contributed by atoms with Gasteiger partial charge in [-0.2, -0.15) is 0 Å². The molecule has 1 atom stereocenters. The van der Waals surface area contributed by atoms with Crippen LogP contribution < -0.4 is 11.1 Å². The number of phenolic OH excluding ortho intramolecular Hbond substituents is 1. The number of phenols is 1. The second kappa shape index (κ2) is 5.01. The predicted octanol–water partition coefficient (Wildman–Crippen LogP) is 0.257. The minimum absolute atomic E-state index is 0.00380. The quantitative estimate of drug-likeness (QED) is 0.255. The van der Waals surface area contributed by atoms with Gasteiger partial charge in [-0.05, 0) is 25.1 Å². The van der Waals surface area contributed by atoms with Gasteiger partial charge in [-0.1, -0.05) is 11.2 Å². The van der Waals surface area contributed by atoms with Gasteiger partial charge in [-0.3, -0.25) is 4.79 Å². The highest BCUT2D eigenvalue weighted by atomic mass is 16.4. The Bertz CT molecular complexity index is 418. The Balaban J connectivity index is 2.73. The van der Waals surface area contributed by atoms with Crippen LogP contribution in [-0.4, -0.2) is 28.1 Å². The summed E-state index contributed by atoms with van der Waals surface area (Å²) in [4.78, 5) is 11.6. The van der Waals surface area contributed by atoms with E-state index in [0.29, 0.717) is 5.56 Å². The molecule has 0 saturated heterocycles. The summed E-state index contributed by atoms with van der Waals surface area (Å²) < 4.78 is 0. The summed E-state index contributed by atoms with van der Waals surface area (Å²) in [7, 11) is 0. The summed E-state index contributed by atoms with van der Waals surface area (Å²) in [6, 6.07) is 5.31. The highest BCUT2D eigenvalue weighted by Gasteiger charge is 2.12. The highest BCUT2D eigenvalue weighted by molar-refractivity contribution is 5.98. The van der Waals surface area contributed by atoms with E-state index in [0.717, 1.165) is 0 Å². The van der Waals surface area contributed by atoms with Crippen LogP contribution in [0.1, 0.15) is 17.3 Å². The van der Waals surface area contributed by atoms with Crippen molar-refractivity contribution >= 4 is 11.7 Å². The van der Waals surface area contributed by atoms with Crippen LogP contribution in [0.3, 0.4) is 0 Å². The lowest BCUT2D eigenvalue weighted by Crippen LogP contribution is -2.42. The number of amidine groups is 1. The SMILES string of the molecule is CC(NC(=O)c1cccc(O)c1)/C(N)=N/O. The summed E-state index contributed by atoms with van der Waals surface area (Å²) >= 11 is 0. The van der Waals surface area contributed by atoms with Crippen molar-refractivity contribution in [1.29, 1.82) is 0 Å². The third-order valence-electron chi connectivity index (χ3n) is 2.02. The number of hydrogen-bond donors (Lipinski definition) is 4. The lowest BCUT2D eigenvalue weighted by Gasteiger charge is -2.12. The minimum atomic E-state index is -0.583. The van der Waals surface area contributed by atoms with Gasteiger partial charge < -0.3 is 21.4 Å². The van der Waals surface area contributed by atoms with Crippen LogP contribution in [0.25, 0.3) is 0 Å². The summed E-state index contributed by atoms with van der Waals surface area (Å²) in [6.07, 6.45) is 0. The van der Waals surface area contributed by atoms with Crippen molar-refractivity contribution in [3.63, 3.8) is 0 Å². The Hall–Kier alpha value is -2.24. The van der Waals surface area contributed by atoms with E-state index in [1.165, 1.54) is 12.1 Å². The third-order valence-corrected chi connectivity index (χ3v) is 2.02. The Labute approximate surface area is 92.4 Å². The number of hydrogen-bond acceptors (Lipinski definition) is 4. The smallest absolute Gasteiger partial charge is 0.251 e. The molecule has 0 aromatic heterocycles. The first kappa shape index (κ1) is 11.8. The zero-order valence-corrected chi connectivity index (χ0v) is 8.71. The standard InChI is InChI=1S/C10H13N3O3/c1-6(9(11)13-16)12-10(15)7-3-2-4-8(14)5-7/h2-6,14,16H,1H3,(H2,11,13)(H,12,15). The number of nitrogens with zero attached hydrogens (tertiary/aromatic N) is 1. The van der Waals surface area contributed by atoms with Crippen LogP contribution in [0.15, 0.2) is 29.4 Å². The minimum Gasteiger partial charge on any atom is -0.508 e. The molecule has 6 nitrogen and oxygen atoms in total. The molecule has 1 aromatic rings. The topological polar surface area (TPSA) is 108 Å². The molecule has 5 N–H and O–H groups in total. The van der Waals surface area contributed by atoms with E-state index in [1.807, 2.05) is 0 Å². The molecule has 0 aliphatic rings. The molecule has 0 aliphatic carbocycles. The summed E-state index contributed by atoms with van der Waals surface area (Å²) in [5.74, 6) is -0.493. The monoisotopic (exact) mass is 223 g/mol. The average Bonchev–Trinajstić information content (AvgIpc) is 2.27. The van der Waals surface area contributed by atoms with Crippen molar-refractivity contribution in [3.05, 3.63) is 29.8 Å². The first-order chi connectivity index (χ1) is 7.54. The molecule has 1 aromatic carbocycles. The fourth-order valence-corrected chi connectivity index (χ4v) is 1.09. The van der Waals surface area contributed by atoms with Gasteiger partial charge in [0.1, 0.15) is 5.75 Å². The molecule has 0 bridgehead atoms. The molecule has 0 radical (unpaired) electrons. The number of amides is 1. The second-order valence-corrected chi connectivity index (χ2v) is 3.27. The van der Waals surface area contributed by atoms with Crippen molar-refractivity contribution in [2.24, 2.45) is 10.9 Å². The molecule has 16 heavy (non-hydrogen) atoms. The molecule has 0 saturated carbocycles. The molecule has 1 rings (SSSR count). The van der Waals surface area contributed by atoms with Gasteiger partial charge >= 0.3 is 0 Å². The van der Waals surface area contributed by atoms with Crippen LogP contribution in [0, 0.1) is 0 Å². The Kier molecular flexibility index (Phi) is 3.71. The van der Waals surface area contributed by atoms with E-state index in [9.17, 15) is 9.90 Å². The van der Waals surface area contributed by atoms with Crippen molar-refractivity contribution in [2.75, 3.05) is 0 Å². The van der Waals surface area contributed by atoms with Gasteiger partial charge in [0.2, 0.25) is 0 Å². The van der Waals surface area contributed by atoms with Crippen LogP contribution in [-0.2, 0) is 0 Å². The number of oxime groups is 1. The number of carbonyl (C=O) groups is 1. The maximum Gasteiger partial charge on any atom is 0.251 e. The number of nitrogens with two attached hydrogens (primary N) is 1. The Morgan fingerprint density at radius 1 is 1.56 bits per heavy atom. The number of nitrogens with one attached hydrogen (secondary N) is 1. The molecule has 0 fully saturated rings. The zero-order valence-electron chi connectivity index (χ0n) is 8.71. The number of carbonyl (C=O) groups excluding carboxylic acids is 1. The normalized spacial score (nSPS) is 13.2. The maximum atomic E-state index is 11.6. The zero-order chi connectivity index (χ0) is 12.1. The fraction of sp³-hybridized carbons (Fsp3) is 0.200. The lowest BCUT2D eigenvalue weighted by atomic mass is 10.2. The van der Waals surface area contributed by atoms with Crippen molar-refractivity contribution in [2.45, 2.75) is 13.0 Å². The van der Waals surface area contributed by atoms with E-state index in [1.54, 1.807) is 19.1 Å². The first-order valence-electron chi connectivity index (χ1n) is 4.62. The van der Waals surface area contributed by atoms with Gasteiger partial charge in [-0.15, -0.1) is 0 Å². The Morgan fingerprint density at radius 3 is 2.81 bits per heavy atom. The molecule has 86 valence electrons. The van der Waals surface area contributed by atoms with Gasteiger partial charge in [0, 0.05) is 5.56 Å². The molecular weight excluding hydrogens is 210 g/mol. The lowest BCUT2D eigenvalue weighted by molar-refractivity contribution is 0.0948. The first-order valence-corrected chi connectivity index (χ1v) is 4.62. The summed E-state index contributed by atoms with van der Waals surface area (Å²) in [6.45, 7) is 1.58. The van der Waals surface area contributed by atoms with Crippen molar-refractivity contribution < 1.29 is 15.1 Å². The van der Waals surface area contributed by atoms with E-state index in [2.05, 4.69) is 10.5 Å². The van der Waals surface area contributed by atoms with E-state index < -0.39 is 11.9 Å². The average molecular weight is 223 g/mol. The Morgan fingerprint density at radius 2 is 2.25 bits per heavy atom. The van der Waals surface area contributed by atoms with Gasteiger partial charge in [0.05, 0.1) is 6.04 Å². The second-order valence-electron chi connectivity index (χ2n) is 3.27. The van der Waals surface area contributed by atoms with Crippen LogP contribution in [0.4, 0.5) is 0 Å². The van der Waals surface area contributed by atoms with E-state index in [4.69, 9.17) is 10.9 Å². The molecule has 0 heterocycles. The third kappa shape index (κ3) is 2.88. The van der Waals surface area contributed by atoms with Crippen molar-refractivity contribution in [1.82, 2.24) is 5.32 Å². The number of rotatable bonds is 3. The summed E-state index contributed by atoms with van der Waals surface area (Å²) in [5.41, 5.74) is 5.61. The van der Waals surface area contributed by atoms with Gasteiger partial charge in [0.15, 0.2) is 5.84 Å². The molecule has 1 amide bonds. The van der Waals surface area contributed by atoms with Crippen LogP contribution >= 0.6 is 0 Å². The number of aromatic hydroxyl groups is 1. The van der Waals surface area contributed by atoms with E-state index >= 15 is 0 Å². The fourth-order valence-electron chi connectivity index (χ4n) is 1.09. The molecular formula is C10H13N3O3. The van der Waals surface area contributed by atoms with E-state index in [-0.39, 0.29) is 11.6 Å². The maximum absolute atomic E-state index is 11.6. The largest absolute Gasteiger partial charge is 0.508 e. The molecule has 1 unspecified atom stereocenters. The van der Waals surface area contributed by atoms with Gasteiger partial charge in [-0.25, -0.2) is 0 Å². The predicted molar refractivity (Wildman–Crippen MR) is 58.4 cm³/mol. The van der Waals surface area contributed by atoms with Crippen LogP contribution in [0.5, 0.6) is 5.75 Å². The summed E-state index contributed by atoms with van der Waals surface area (Å²) in [5, 5.41) is 22.9. The van der Waals surface area contributed by atoms with Gasteiger partial charge in [0.25, 0.3) is 5.91 Å². The van der Waals surface area contributed by atoms with Crippen molar-refractivity contribution in [3.8, 4) is 5.75 Å².